The molecule has 3 heteroatoms. The molecule has 1 aromatic carbocycles. The Morgan fingerprint density at radius 1 is 1.50 bits per heavy atom. The van der Waals surface area contributed by atoms with Crippen molar-refractivity contribution in [2.45, 2.75) is 26.3 Å². The van der Waals surface area contributed by atoms with E-state index in [9.17, 15) is 4.79 Å². The lowest BCUT2D eigenvalue weighted by atomic mass is 10.1. The number of carbonyl (C=O) groups is 1. The van der Waals surface area contributed by atoms with Crippen LogP contribution >= 0.6 is 0 Å². The highest BCUT2D eigenvalue weighted by Crippen LogP contribution is 2.13. The number of rotatable bonds is 2. The number of aryl methyl sites for hydroxylation is 1. The zero-order valence-corrected chi connectivity index (χ0v) is 9.79. The molecule has 3 nitrogen and oxygen atoms in total. The van der Waals surface area contributed by atoms with Gasteiger partial charge in [-0.3, -0.25) is 4.79 Å². The number of nitrogens with two attached hydrogens (primary N) is 1. The van der Waals surface area contributed by atoms with Gasteiger partial charge in [0.25, 0.3) is 5.91 Å². The highest BCUT2D eigenvalue weighted by Gasteiger charge is 2.18. The average molecular weight is 216 g/mol. The van der Waals surface area contributed by atoms with Crippen LogP contribution in [0.1, 0.15) is 29.8 Å². The third kappa shape index (κ3) is 2.77. The van der Waals surface area contributed by atoms with Crippen LogP contribution in [0.2, 0.25) is 0 Å². The minimum atomic E-state index is -0.656. The zero-order valence-electron chi connectivity index (χ0n) is 9.79. The third-order valence-electron chi connectivity index (χ3n) is 2.33. The molecule has 0 unspecified atom stereocenters. The largest absolute Gasteiger partial charge is 0.398 e. The summed E-state index contributed by atoms with van der Waals surface area (Å²) in [5.74, 6) is 2.29. The van der Waals surface area contributed by atoms with Gasteiger partial charge in [-0.1, -0.05) is 12.0 Å². The molecule has 0 saturated heterocycles. The number of hydrogen-bond donors (Lipinski definition) is 2. The molecule has 3 N–H and O–H groups in total. The Labute approximate surface area is 96.0 Å². The summed E-state index contributed by atoms with van der Waals surface area (Å²) in [5, 5.41) is 2.74. The van der Waals surface area contributed by atoms with E-state index < -0.39 is 5.54 Å². The maximum Gasteiger partial charge on any atom is 0.252 e. The number of nitrogen functional groups attached to an aromatic ring is 1. The summed E-state index contributed by atoms with van der Waals surface area (Å²) in [6.07, 6.45) is 5.30. The molecule has 0 heterocycles. The molecule has 0 aromatic heterocycles. The molecule has 1 amide bonds. The monoisotopic (exact) mass is 216 g/mol. The number of terminal acetylenes is 1. The van der Waals surface area contributed by atoms with Crippen LogP contribution in [0.15, 0.2) is 18.2 Å². The molecule has 0 aliphatic carbocycles. The maximum atomic E-state index is 11.8. The van der Waals surface area contributed by atoms with E-state index in [0.29, 0.717) is 11.3 Å². The second-order valence-corrected chi connectivity index (χ2v) is 4.29. The summed E-state index contributed by atoms with van der Waals surface area (Å²) in [4.78, 5) is 11.8. The number of nitrogens with one attached hydrogen (secondary N) is 1. The molecule has 1 aromatic rings. The Balaban J connectivity index is 2.91. The fourth-order valence-corrected chi connectivity index (χ4v) is 1.17. The molecule has 0 bridgehead atoms. The molecule has 0 fully saturated rings. The van der Waals surface area contributed by atoms with Gasteiger partial charge in [0, 0.05) is 11.3 Å². The van der Waals surface area contributed by atoms with E-state index >= 15 is 0 Å². The molecule has 0 radical (unpaired) electrons. The van der Waals surface area contributed by atoms with E-state index in [0.717, 1.165) is 5.56 Å². The lowest BCUT2D eigenvalue weighted by Gasteiger charge is -2.19. The van der Waals surface area contributed by atoms with Gasteiger partial charge in [-0.25, -0.2) is 0 Å². The van der Waals surface area contributed by atoms with Gasteiger partial charge in [0.1, 0.15) is 0 Å². The normalized spacial score (nSPS) is 10.6. The summed E-state index contributed by atoms with van der Waals surface area (Å²) >= 11 is 0. The van der Waals surface area contributed by atoms with Gasteiger partial charge in [-0.15, -0.1) is 6.42 Å². The topological polar surface area (TPSA) is 55.1 Å². The van der Waals surface area contributed by atoms with Crippen molar-refractivity contribution in [3.8, 4) is 12.3 Å². The number of hydrogen-bond acceptors (Lipinski definition) is 2. The molecule has 0 atom stereocenters. The van der Waals surface area contributed by atoms with Gasteiger partial charge >= 0.3 is 0 Å². The van der Waals surface area contributed by atoms with Crippen molar-refractivity contribution in [1.29, 1.82) is 0 Å². The van der Waals surface area contributed by atoms with Crippen LogP contribution < -0.4 is 11.1 Å². The summed E-state index contributed by atoms with van der Waals surface area (Å²) in [6, 6.07) is 5.19. The molecule has 1 rings (SSSR count). The van der Waals surface area contributed by atoms with Crippen molar-refractivity contribution in [3.05, 3.63) is 29.3 Å². The minimum Gasteiger partial charge on any atom is -0.398 e. The molecule has 0 aliphatic rings. The first-order valence-corrected chi connectivity index (χ1v) is 5.02. The van der Waals surface area contributed by atoms with Crippen molar-refractivity contribution < 1.29 is 4.79 Å². The fraction of sp³-hybridized carbons (Fsp3) is 0.308. The molecular formula is C13H16N2O. The number of amides is 1. The van der Waals surface area contributed by atoms with Crippen LogP contribution in [0.25, 0.3) is 0 Å². The summed E-state index contributed by atoms with van der Waals surface area (Å²) in [6.45, 7) is 5.42. The van der Waals surface area contributed by atoms with Crippen LogP contribution in [-0.2, 0) is 0 Å². The lowest BCUT2D eigenvalue weighted by Crippen LogP contribution is -2.42. The van der Waals surface area contributed by atoms with E-state index in [1.807, 2.05) is 13.0 Å². The lowest BCUT2D eigenvalue weighted by molar-refractivity contribution is 0.0930. The van der Waals surface area contributed by atoms with E-state index in [1.165, 1.54) is 0 Å². The summed E-state index contributed by atoms with van der Waals surface area (Å²) < 4.78 is 0. The average Bonchev–Trinajstić information content (AvgIpc) is 2.21. The molecular weight excluding hydrogens is 200 g/mol. The SMILES string of the molecule is C#CC(C)(C)NC(=O)c1ccc(C)c(N)c1. The van der Waals surface area contributed by atoms with Gasteiger partial charge in [0.05, 0.1) is 5.54 Å². The van der Waals surface area contributed by atoms with Crippen LogP contribution in [0.4, 0.5) is 5.69 Å². The predicted octanol–water partition coefficient (Wildman–Crippen LogP) is 1.72. The Morgan fingerprint density at radius 3 is 2.62 bits per heavy atom. The third-order valence-corrected chi connectivity index (χ3v) is 2.33. The molecule has 84 valence electrons. The highest BCUT2D eigenvalue weighted by atomic mass is 16.1. The van der Waals surface area contributed by atoms with Crippen LogP contribution in [0, 0.1) is 19.3 Å². The van der Waals surface area contributed by atoms with E-state index in [4.69, 9.17) is 12.2 Å². The second-order valence-electron chi connectivity index (χ2n) is 4.29. The number of anilines is 1. The Kier molecular flexibility index (Phi) is 3.24. The Bertz CT molecular complexity index is 455. The van der Waals surface area contributed by atoms with E-state index in [1.54, 1.807) is 26.0 Å². The van der Waals surface area contributed by atoms with Crippen molar-refractivity contribution in [2.24, 2.45) is 0 Å². The second kappa shape index (κ2) is 4.28. The minimum absolute atomic E-state index is 0.213. The summed E-state index contributed by atoms with van der Waals surface area (Å²) in [7, 11) is 0. The smallest absolute Gasteiger partial charge is 0.252 e. The molecule has 0 saturated carbocycles. The number of benzene rings is 1. The highest BCUT2D eigenvalue weighted by molar-refractivity contribution is 5.95. The quantitative estimate of drug-likeness (QED) is 0.584. The maximum absolute atomic E-state index is 11.8. The van der Waals surface area contributed by atoms with Gasteiger partial charge in [-0.2, -0.15) is 0 Å². The van der Waals surface area contributed by atoms with Crippen molar-refractivity contribution in [3.63, 3.8) is 0 Å². The first-order chi connectivity index (χ1) is 7.35. The van der Waals surface area contributed by atoms with Crippen LogP contribution in [0.3, 0.4) is 0 Å². The van der Waals surface area contributed by atoms with Crippen molar-refractivity contribution in [2.75, 3.05) is 5.73 Å². The molecule has 0 spiro atoms. The zero-order chi connectivity index (χ0) is 12.3. The standard InChI is InChI=1S/C13H16N2O/c1-5-13(3,4)15-12(16)10-7-6-9(2)11(14)8-10/h1,6-8H,14H2,2-4H3,(H,15,16). The van der Waals surface area contributed by atoms with E-state index in [-0.39, 0.29) is 5.91 Å². The summed E-state index contributed by atoms with van der Waals surface area (Å²) in [5.41, 5.74) is 7.15. The Hall–Kier alpha value is -1.95. The molecule has 16 heavy (non-hydrogen) atoms. The van der Waals surface area contributed by atoms with Gasteiger partial charge in [0.15, 0.2) is 0 Å². The number of carbonyl (C=O) groups excluding carboxylic acids is 1. The van der Waals surface area contributed by atoms with Crippen molar-refractivity contribution in [1.82, 2.24) is 5.32 Å². The van der Waals surface area contributed by atoms with Gasteiger partial charge in [0.2, 0.25) is 0 Å². The predicted molar refractivity (Wildman–Crippen MR) is 66.0 cm³/mol. The molecule has 0 aliphatic heterocycles. The van der Waals surface area contributed by atoms with Gasteiger partial charge < -0.3 is 11.1 Å². The fourth-order valence-electron chi connectivity index (χ4n) is 1.17. The van der Waals surface area contributed by atoms with E-state index in [2.05, 4.69) is 11.2 Å². The first kappa shape index (κ1) is 12.1. The van der Waals surface area contributed by atoms with Crippen LogP contribution in [-0.4, -0.2) is 11.4 Å². The first-order valence-electron chi connectivity index (χ1n) is 5.02. The Morgan fingerprint density at radius 2 is 2.12 bits per heavy atom. The van der Waals surface area contributed by atoms with Crippen molar-refractivity contribution >= 4 is 11.6 Å². The van der Waals surface area contributed by atoms with Gasteiger partial charge in [-0.05, 0) is 38.5 Å². The van der Waals surface area contributed by atoms with Crippen LogP contribution in [0.5, 0.6) is 0 Å².